The molecule has 7 nitrogen and oxygen atoms in total. The lowest BCUT2D eigenvalue weighted by atomic mass is 10.1. The molecule has 0 aliphatic rings. The lowest BCUT2D eigenvalue weighted by molar-refractivity contribution is 0.0983. The van der Waals surface area contributed by atoms with Crippen LogP contribution in [0.3, 0.4) is 0 Å². The van der Waals surface area contributed by atoms with E-state index in [9.17, 15) is 13.2 Å². The van der Waals surface area contributed by atoms with E-state index in [1.54, 1.807) is 29.4 Å². The van der Waals surface area contributed by atoms with Crippen molar-refractivity contribution in [3.8, 4) is 0 Å². The van der Waals surface area contributed by atoms with Crippen molar-refractivity contribution < 1.29 is 17.6 Å². The minimum absolute atomic E-state index is 0.185. The monoisotopic (exact) mass is 525 g/mol. The third-order valence-corrected chi connectivity index (χ3v) is 9.11. The first kappa shape index (κ1) is 26.1. The molecule has 0 N–H and O–H groups in total. The van der Waals surface area contributed by atoms with Gasteiger partial charge in [0.15, 0.2) is 5.13 Å². The van der Waals surface area contributed by atoms with Gasteiger partial charge in [0.1, 0.15) is 5.76 Å². The Labute approximate surface area is 216 Å². The van der Waals surface area contributed by atoms with Crippen molar-refractivity contribution in [3.05, 3.63) is 77.2 Å². The Morgan fingerprint density at radius 2 is 1.64 bits per heavy atom. The van der Waals surface area contributed by atoms with Gasteiger partial charge in [0.05, 0.1) is 27.9 Å². The Kier molecular flexibility index (Phi) is 7.92. The predicted octanol–water partition coefficient (Wildman–Crippen LogP) is 6.16. The average Bonchev–Trinajstić information content (AvgIpc) is 3.55. The summed E-state index contributed by atoms with van der Waals surface area (Å²) in [4.78, 5) is 20.3. The second-order valence-corrected chi connectivity index (χ2v) is 11.7. The Hall–Kier alpha value is -3.01. The van der Waals surface area contributed by atoms with Crippen LogP contribution in [0, 0.1) is 13.8 Å². The Morgan fingerprint density at radius 1 is 0.972 bits per heavy atom. The zero-order valence-corrected chi connectivity index (χ0v) is 22.7. The number of benzene rings is 2. The van der Waals surface area contributed by atoms with Crippen LogP contribution >= 0.6 is 11.3 Å². The number of sulfonamides is 1. The Morgan fingerprint density at radius 3 is 2.22 bits per heavy atom. The lowest BCUT2D eigenvalue weighted by Gasteiger charge is -2.21. The van der Waals surface area contributed by atoms with Crippen molar-refractivity contribution in [2.75, 3.05) is 18.0 Å². The first-order valence-corrected chi connectivity index (χ1v) is 14.3. The molecular formula is C27H31N3O4S2. The molecule has 0 fully saturated rings. The SMILES string of the molecule is CCCN(CCC)S(=O)(=O)c1ccc(C(=O)N(Cc2ccco2)c2nc3c(C)ccc(C)c3s2)cc1. The highest BCUT2D eigenvalue weighted by Gasteiger charge is 2.26. The van der Waals surface area contributed by atoms with Crippen LogP contribution < -0.4 is 4.90 Å². The maximum atomic E-state index is 13.7. The summed E-state index contributed by atoms with van der Waals surface area (Å²) in [7, 11) is -3.62. The molecule has 0 bridgehead atoms. The summed E-state index contributed by atoms with van der Waals surface area (Å²) in [5, 5.41) is 0.567. The van der Waals surface area contributed by atoms with Gasteiger partial charge in [0.25, 0.3) is 5.91 Å². The second-order valence-electron chi connectivity index (χ2n) is 8.77. The van der Waals surface area contributed by atoms with Gasteiger partial charge in [-0.1, -0.05) is 37.3 Å². The van der Waals surface area contributed by atoms with Crippen LogP contribution in [0.2, 0.25) is 0 Å². The van der Waals surface area contributed by atoms with E-state index in [1.165, 1.54) is 27.8 Å². The molecule has 4 aromatic rings. The third kappa shape index (κ3) is 5.23. The molecule has 0 saturated heterocycles. The molecule has 0 aliphatic heterocycles. The van der Waals surface area contributed by atoms with Crippen LogP contribution in [-0.2, 0) is 16.6 Å². The average molecular weight is 526 g/mol. The summed E-state index contributed by atoms with van der Waals surface area (Å²) in [6.07, 6.45) is 3.04. The van der Waals surface area contributed by atoms with Gasteiger partial charge in [-0.25, -0.2) is 13.4 Å². The second kappa shape index (κ2) is 10.9. The van der Waals surface area contributed by atoms with Crippen LogP contribution in [0.5, 0.6) is 0 Å². The molecule has 0 saturated carbocycles. The highest BCUT2D eigenvalue weighted by molar-refractivity contribution is 7.89. The Bertz CT molecular complexity index is 1400. The molecule has 0 aliphatic carbocycles. The molecular weight excluding hydrogens is 494 g/mol. The molecule has 2 aromatic carbocycles. The van der Waals surface area contributed by atoms with Gasteiger partial charge in [0, 0.05) is 18.7 Å². The van der Waals surface area contributed by atoms with Crippen LogP contribution in [-0.4, -0.2) is 36.7 Å². The minimum Gasteiger partial charge on any atom is -0.467 e. The van der Waals surface area contributed by atoms with Crippen molar-refractivity contribution in [2.45, 2.75) is 52.0 Å². The van der Waals surface area contributed by atoms with E-state index in [0.717, 1.165) is 34.2 Å². The lowest BCUT2D eigenvalue weighted by Crippen LogP contribution is -2.33. The number of carbonyl (C=O) groups is 1. The van der Waals surface area contributed by atoms with E-state index < -0.39 is 10.0 Å². The molecule has 2 aromatic heterocycles. The minimum atomic E-state index is -3.62. The van der Waals surface area contributed by atoms with Gasteiger partial charge < -0.3 is 4.42 Å². The number of fused-ring (bicyclic) bond motifs is 1. The van der Waals surface area contributed by atoms with E-state index in [4.69, 9.17) is 9.40 Å². The summed E-state index contributed by atoms with van der Waals surface area (Å²) in [6, 6.07) is 13.8. The highest BCUT2D eigenvalue weighted by atomic mass is 32.2. The van der Waals surface area contributed by atoms with Crippen LogP contribution in [0.1, 0.15) is 53.9 Å². The number of furan rings is 1. The normalized spacial score (nSPS) is 11.9. The number of aryl methyl sites for hydroxylation is 2. The largest absolute Gasteiger partial charge is 0.467 e. The first-order chi connectivity index (χ1) is 17.3. The molecule has 2 heterocycles. The van der Waals surface area contributed by atoms with Gasteiger partial charge in [0.2, 0.25) is 10.0 Å². The number of hydrogen-bond acceptors (Lipinski definition) is 6. The number of carbonyl (C=O) groups excluding carboxylic acids is 1. The van der Waals surface area contributed by atoms with Crippen molar-refractivity contribution in [1.29, 1.82) is 0 Å². The molecule has 36 heavy (non-hydrogen) atoms. The first-order valence-electron chi connectivity index (χ1n) is 12.1. The van der Waals surface area contributed by atoms with Gasteiger partial charge in [-0.3, -0.25) is 9.69 Å². The molecule has 1 amide bonds. The fourth-order valence-corrected chi connectivity index (χ4v) is 6.81. The van der Waals surface area contributed by atoms with E-state index >= 15 is 0 Å². The number of thiazole rings is 1. The van der Waals surface area contributed by atoms with Gasteiger partial charge in [-0.2, -0.15) is 4.31 Å². The zero-order valence-electron chi connectivity index (χ0n) is 21.0. The van der Waals surface area contributed by atoms with Gasteiger partial charge in [-0.15, -0.1) is 0 Å². The zero-order chi connectivity index (χ0) is 25.9. The van der Waals surface area contributed by atoms with Crippen molar-refractivity contribution in [3.63, 3.8) is 0 Å². The topological polar surface area (TPSA) is 83.7 Å². The molecule has 190 valence electrons. The number of amides is 1. The molecule has 0 unspecified atom stereocenters. The van der Waals surface area contributed by atoms with Gasteiger partial charge >= 0.3 is 0 Å². The smallest absolute Gasteiger partial charge is 0.260 e. The van der Waals surface area contributed by atoms with E-state index in [-0.39, 0.29) is 17.3 Å². The summed E-state index contributed by atoms with van der Waals surface area (Å²) in [6.45, 7) is 9.08. The summed E-state index contributed by atoms with van der Waals surface area (Å²) in [5.74, 6) is 0.355. The molecule has 9 heteroatoms. The third-order valence-electron chi connectivity index (χ3n) is 5.99. The molecule has 4 rings (SSSR count). The van der Waals surface area contributed by atoms with Crippen molar-refractivity contribution in [1.82, 2.24) is 9.29 Å². The van der Waals surface area contributed by atoms with Crippen LogP contribution in [0.4, 0.5) is 5.13 Å². The number of rotatable bonds is 10. The predicted molar refractivity (Wildman–Crippen MR) is 144 cm³/mol. The van der Waals surface area contributed by atoms with E-state index in [1.807, 2.05) is 39.8 Å². The summed E-state index contributed by atoms with van der Waals surface area (Å²) in [5.41, 5.74) is 3.40. The summed E-state index contributed by atoms with van der Waals surface area (Å²) < 4.78 is 34.3. The Balaban J connectivity index is 1.69. The standard InChI is InChI=1S/C27H31N3O4S2/c1-5-15-29(16-6-2)36(32,33)23-13-11-21(12-14-23)26(31)30(18-22-8-7-17-34-22)27-28-24-19(3)9-10-20(4)25(24)35-27/h7-14,17H,5-6,15-16,18H2,1-4H3. The number of hydrogen-bond donors (Lipinski definition) is 0. The summed E-state index contributed by atoms with van der Waals surface area (Å²) >= 11 is 1.46. The quantitative estimate of drug-likeness (QED) is 0.247. The fourth-order valence-electron chi connectivity index (χ4n) is 4.07. The number of anilines is 1. The van der Waals surface area contributed by atoms with E-state index in [0.29, 0.717) is 29.5 Å². The molecule has 0 radical (unpaired) electrons. The molecule has 0 atom stereocenters. The molecule has 0 spiro atoms. The van der Waals surface area contributed by atoms with E-state index in [2.05, 4.69) is 6.07 Å². The maximum Gasteiger partial charge on any atom is 0.260 e. The number of nitrogens with zero attached hydrogens (tertiary/aromatic N) is 3. The number of aromatic nitrogens is 1. The fraction of sp³-hybridized carbons (Fsp3) is 0.333. The highest BCUT2D eigenvalue weighted by Crippen LogP contribution is 2.34. The van der Waals surface area contributed by atoms with Crippen molar-refractivity contribution in [2.24, 2.45) is 0 Å². The maximum absolute atomic E-state index is 13.7. The van der Waals surface area contributed by atoms with Crippen LogP contribution in [0.25, 0.3) is 10.2 Å². The van der Waals surface area contributed by atoms with Gasteiger partial charge in [-0.05, 0) is 74.2 Å². The van der Waals surface area contributed by atoms with Crippen molar-refractivity contribution >= 4 is 42.6 Å². The van der Waals surface area contributed by atoms with Crippen LogP contribution in [0.15, 0.2) is 64.1 Å².